The van der Waals surface area contributed by atoms with E-state index in [-0.39, 0.29) is 12.3 Å². The van der Waals surface area contributed by atoms with E-state index in [9.17, 15) is 14.7 Å². The summed E-state index contributed by atoms with van der Waals surface area (Å²) >= 11 is 0. The van der Waals surface area contributed by atoms with Crippen LogP contribution in [0.1, 0.15) is 29.5 Å². The summed E-state index contributed by atoms with van der Waals surface area (Å²) in [5.74, 6) is -1.52. The maximum absolute atomic E-state index is 12.1. The van der Waals surface area contributed by atoms with E-state index < -0.39 is 12.0 Å². The molecule has 0 unspecified atom stereocenters. The van der Waals surface area contributed by atoms with Crippen molar-refractivity contribution in [1.29, 1.82) is 0 Å². The van der Waals surface area contributed by atoms with Crippen LogP contribution in [0.15, 0.2) is 12.1 Å². The highest BCUT2D eigenvalue weighted by molar-refractivity contribution is 5.94. The molecule has 6 nitrogen and oxygen atoms in total. The molecule has 0 aliphatic rings. The first-order valence-corrected chi connectivity index (χ1v) is 7.56. The van der Waals surface area contributed by atoms with Gasteiger partial charge in [-0.2, -0.15) is 0 Å². The Bertz CT molecular complexity index is 520. The Morgan fingerprint density at radius 3 is 2.36 bits per heavy atom. The number of quaternary nitrogens is 2. The van der Waals surface area contributed by atoms with Gasteiger partial charge in [-0.3, -0.25) is 4.79 Å². The molecule has 0 heterocycles. The number of rotatable bonds is 8. The number of carbonyl (C=O) groups excluding carboxylic acids is 2. The molecule has 1 aromatic carbocycles. The lowest BCUT2D eigenvalue weighted by atomic mass is 10.0. The highest BCUT2D eigenvalue weighted by atomic mass is 16.4. The summed E-state index contributed by atoms with van der Waals surface area (Å²) < 4.78 is 0. The van der Waals surface area contributed by atoms with Crippen molar-refractivity contribution in [3.05, 3.63) is 28.8 Å². The highest BCUT2D eigenvalue weighted by Gasteiger charge is 2.19. The third-order valence-electron chi connectivity index (χ3n) is 3.55. The molecule has 0 aliphatic heterocycles. The molecule has 0 bridgehead atoms. The standard InChI is InChI=1S/C16H25N3O3/c1-10-7-11(2)15(12(3)8-10)19-14(20)9-13(16(21)22)18-6-4-5-17/h7-8,13,18H,4-6,9,17H2,1-3H3,(H,19,20)(H,21,22)/p+1/t13-/m0/s1. The van der Waals surface area contributed by atoms with Crippen molar-refractivity contribution in [2.75, 3.05) is 18.4 Å². The fourth-order valence-corrected chi connectivity index (χ4v) is 2.49. The van der Waals surface area contributed by atoms with E-state index >= 15 is 0 Å². The zero-order valence-corrected chi connectivity index (χ0v) is 13.6. The van der Waals surface area contributed by atoms with Crippen molar-refractivity contribution in [2.24, 2.45) is 0 Å². The summed E-state index contributed by atoms with van der Waals surface area (Å²) in [7, 11) is 0. The number of carboxylic acids is 1. The van der Waals surface area contributed by atoms with E-state index in [4.69, 9.17) is 0 Å². The number of hydrogen-bond acceptors (Lipinski definition) is 3. The predicted octanol–water partition coefficient (Wildman–Crippen LogP) is -1.75. The van der Waals surface area contributed by atoms with E-state index in [1.165, 1.54) is 0 Å². The molecule has 6 N–H and O–H groups in total. The fourth-order valence-electron chi connectivity index (χ4n) is 2.49. The lowest BCUT2D eigenvalue weighted by Gasteiger charge is -2.17. The van der Waals surface area contributed by atoms with E-state index in [1.807, 2.05) is 32.9 Å². The molecular weight excluding hydrogens is 282 g/mol. The summed E-state index contributed by atoms with van der Waals surface area (Å²) in [5.41, 5.74) is 7.53. The van der Waals surface area contributed by atoms with Gasteiger partial charge >= 0.3 is 0 Å². The van der Waals surface area contributed by atoms with Crippen molar-refractivity contribution >= 4 is 17.6 Å². The van der Waals surface area contributed by atoms with E-state index in [0.29, 0.717) is 6.54 Å². The molecule has 1 amide bonds. The Morgan fingerprint density at radius 2 is 1.86 bits per heavy atom. The molecule has 122 valence electrons. The average molecular weight is 308 g/mol. The number of nitrogens with one attached hydrogen (secondary N) is 1. The Morgan fingerprint density at radius 1 is 1.27 bits per heavy atom. The van der Waals surface area contributed by atoms with Crippen molar-refractivity contribution in [3.8, 4) is 0 Å². The van der Waals surface area contributed by atoms with E-state index in [2.05, 4.69) is 11.1 Å². The average Bonchev–Trinajstić information content (AvgIpc) is 2.41. The number of carboxylic acid groups (broad SMARTS) is 1. The van der Waals surface area contributed by atoms with Gasteiger partial charge < -0.3 is 26.3 Å². The van der Waals surface area contributed by atoms with Crippen LogP contribution in [0, 0.1) is 20.8 Å². The van der Waals surface area contributed by atoms with Gasteiger partial charge in [0.1, 0.15) is 6.04 Å². The second-order valence-corrected chi connectivity index (χ2v) is 5.68. The number of aliphatic carboxylic acids is 1. The van der Waals surface area contributed by atoms with Gasteiger partial charge in [-0.05, 0) is 31.9 Å². The molecule has 0 fully saturated rings. The number of anilines is 1. The Labute approximate surface area is 131 Å². The summed E-state index contributed by atoms with van der Waals surface area (Å²) in [5, 5.41) is 15.6. The lowest BCUT2D eigenvalue weighted by Crippen LogP contribution is -2.93. The maximum Gasteiger partial charge on any atom is 0.230 e. The van der Waals surface area contributed by atoms with Gasteiger partial charge in [-0.25, -0.2) is 0 Å². The van der Waals surface area contributed by atoms with Gasteiger partial charge in [0.25, 0.3) is 0 Å². The smallest absolute Gasteiger partial charge is 0.230 e. The highest BCUT2D eigenvalue weighted by Crippen LogP contribution is 2.22. The van der Waals surface area contributed by atoms with Gasteiger partial charge in [0, 0.05) is 12.1 Å². The SMILES string of the molecule is Cc1cc(C)c(NC(=O)C[C@H]([NH2+]CCC[NH3+])C(=O)[O-])c(C)c1. The lowest BCUT2D eigenvalue weighted by molar-refractivity contribution is -0.684. The third-order valence-corrected chi connectivity index (χ3v) is 3.55. The molecule has 0 radical (unpaired) electrons. The number of nitrogens with two attached hydrogens (primary N) is 1. The first-order chi connectivity index (χ1) is 10.3. The summed E-state index contributed by atoms with van der Waals surface area (Å²) in [4.78, 5) is 23.2. The number of carbonyl (C=O) groups is 2. The van der Waals surface area contributed by atoms with Crippen LogP contribution < -0.4 is 21.5 Å². The number of hydrogen-bond donors (Lipinski definition) is 3. The first-order valence-electron chi connectivity index (χ1n) is 7.56. The number of aryl methyl sites for hydroxylation is 3. The molecule has 22 heavy (non-hydrogen) atoms. The predicted molar refractivity (Wildman–Crippen MR) is 81.9 cm³/mol. The molecule has 0 saturated heterocycles. The summed E-state index contributed by atoms with van der Waals surface area (Å²) in [6.45, 7) is 7.20. The van der Waals surface area contributed by atoms with Crippen LogP contribution in [-0.4, -0.2) is 31.0 Å². The zero-order valence-electron chi connectivity index (χ0n) is 13.6. The van der Waals surface area contributed by atoms with E-state index in [1.54, 1.807) is 5.32 Å². The zero-order chi connectivity index (χ0) is 16.7. The van der Waals surface area contributed by atoms with Crippen LogP contribution in [0.3, 0.4) is 0 Å². The van der Waals surface area contributed by atoms with Gasteiger partial charge in [-0.1, -0.05) is 17.7 Å². The Balaban J connectivity index is 2.70. The second-order valence-electron chi connectivity index (χ2n) is 5.68. The molecule has 0 aromatic heterocycles. The van der Waals surface area contributed by atoms with Crippen LogP contribution in [-0.2, 0) is 9.59 Å². The molecule has 1 aromatic rings. The van der Waals surface area contributed by atoms with Gasteiger partial charge in [-0.15, -0.1) is 0 Å². The van der Waals surface area contributed by atoms with Crippen LogP contribution >= 0.6 is 0 Å². The minimum absolute atomic E-state index is 0.105. The van der Waals surface area contributed by atoms with Gasteiger partial charge in [0.15, 0.2) is 0 Å². The number of benzene rings is 1. The summed E-state index contributed by atoms with van der Waals surface area (Å²) in [6.07, 6.45) is 0.702. The normalized spacial score (nSPS) is 12.0. The largest absolute Gasteiger partial charge is 0.544 e. The Kier molecular flexibility index (Phi) is 7.01. The van der Waals surface area contributed by atoms with Crippen molar-refractivity contribution in [1.82, 2.24) is 0 Å². The third kappa shape index (κ3) is 5.46. The quantitative estimate of drug-likeness (QED) is 0.495. The molecule has 0 saturated carbocycles. The van der Waals surface area contributed by atoms with Gasteiger partial charge in [0.05, 0.1) is 25.5 Å². The van der Waals surface area contributed by atoms with Crippen LogP contribution in [0.5, 0.6) is 0 Å². The molecular formula is C16H26N3O3+. The van der Waals surface area contributed by atoms with E-state index in [0.717, 1.165) is 35.3 Å². The van der Waals surface area contributed by atoms with Crippen molar-refractivity contribution in [2.45, 2.75) is 39.7 Å². The van der Waals surface area contributed by atoms with Gasteiger partial charge in [0.2, 0.25) is 5.91 Å². The number of amides is 1. The van der Waals surface area contributed by atoms with Crippen molar-refractivity contribution in [3.63, 3.8) is 0 Å². The molecule has 1 atom stereocenters. The minimum atomic E-state index is -1.21. The molecule has 6 heteroatoms. The molecule has 0 spiro atoms. The maximum atomic E-state index is 12.1. The Hall–Kier alpha value is -1.92. The van der Waals surface area contributed by atoms with Crippen LogP contribution in [0.25, 0.3) is 0 Å². The monoisotopic (exact) mass is 308 g/mol. The first kappa shape index (κ1) is 18.1. The fraction of sp³-hybridized carbons (Fsp3) is 0.500. The minimum Gasteiger partial charge on any atom is -0.544 e. The van der Waals surface area contributed by atoms with Crippen molar-refractivity contribution < 1.29 is 25.7 Å². The topological polar surface area (TPSA) is 113 Å². The van der Waals surface area contributed by atoms with Crippen LogP contribution in [0.2, 0.25) is 0 Å². The summed E-state index contributed by atoms with van der Waals surface area (Å²) in [6, 6.07) is 3.11. The molecule has 1 rings (SSSR count). The van der Waals surface area contributed by atoms with Crippen LogP contribution in [0.4, 0.5) is 5.69 Å². The second kappa shape index (κ2) is 8.51. The molecule has 0 aliphatic carbocycles.